The van der Waals surface area contributed by atoms with Gasteiger partial charge in [0.1, 0.15) is 0 Å². The molecular formula is C28H23N5O2+2. The molecule has 4 aromatic heterocycles. The Morgan fingerprint density at radius 3 is 1.34 bits per heavy atom. The number of nitro benzene ring substituents is 1. The largest absolute Gasteiger partial charge is 0.288 e. The van der Waals surface area contributed by atoms with Crippen LogP contribution < -0.4 is 9.13 Å². The lowest BCUT2D eigenvalue weighted by molar-refractivity contribution is -0.690. The van der Waals surface area contributed by atoms with Crippen molar-refractivity contribution in [2.75, 3.05) is 0 Å². The van der Waals surface area contributed by atoms with Gasteiger partial charge in [0.25, 0.3) is 5.69 Å². The molecule has 35 heavy (non-hydrogen) atoms. The van der Waals surface area contributed by atoms with E-state index in [1.165, 1.54) is 0 Å². The maximum Gasteiger partial charge on any atom is 0.288 e. The molecule has 0 saturated heterocycles. The standard InChI is InChI=1S/C28H23N5O2/c34-33(35)28-26(20-31-16-8-24(9-17-31)22-4-12-29-13-5-22)2-1-3-27(28)21-32-18-10-25(11-19-32)23-6-14-30-15-7-23/h1-19H,20-21H2/q+2. The summed E-state index contributed by atoms with van der Waals surface area (Å²) in [4.78, 5) is 19.9. The van der Waals surface area contributed by atoms with Crippen molar-refractivity contribution in [3.8, 4) is 22.3 Å². The highest BCUT2D eigenvalue weighted by molar-refractivity contribution is 5.62. The fraction of sp³-hybridized carbons (Fsp3) is 0.0714. The predicted molar refractivity (Wildman–Crippen MR) is 131 cm³/mol. The number of nitro groups is 1. The van der Waals surface area contributed by atoms with Crippen molar-refractivity contribution in [2.24, 2.45) is 0 Å². The van der Waals surface area contributed by atoms with Crippen LogP contribution in [0.3, 0.4) is 0 Å². The van der Waals surface area contributed by atoms with Gasteiger partial charge in [-0.3, -0.25) is 20.1 Å². The van der Waals surface area contributed by atoms with E-state index in [-0.39, 0.29) is 10.6 Å². The Morgan fingerprint density at radius 1 is 0.600 bits per heavy atom. The third kappa shape index (κ3) is 5.09. The summed E-state index contributed by atoms with van der Waals surface area (Å²) in [6, 6.07) is 21.4. The van der Waals surface area contributed by atoms with Gasteiger partial charge in [0.15, 0.2) is 37.9 Å². The number of benzene rings is 1. The first-order valence-corrected chi connectivity index (χ1v) is 11.2. The highest BCUT2D eigenvalue weighted by Gasteiger charge is 2.24. The molecule has 0 fully saturated rings. The van der Waals surface area contributed by atoms with E-state index in [0.29, 0.717) is 24.2 Å². The van der Waals surface area contributed by atoms with E-state index in [4.69, 9.17) is 0 Å². The molecule has 0 unspecified atom stereocenters. The van der Waals surface area contributed by atoms with Crippen LogP contribution in [-0.4, -0.2) is 14.9 Å². The smallest absolute Gasteiger partial charge is 0.265 e. The molecule has 170 valence electrons. The molecule has 0 aliphatic carbocycles. The second-order valence-electron chi connectivity index (χ2n) is 8.17. The van der Waals surface area contributed by atoms with Gasteiger partial charge in [-0.15, -0.1) is 0 Å². The van der Waals surface area contributed by atoms with Crippen molar-refractivity contribution >= 4 is 5.69 Å². The maximum atomic E-state index is 12.1. The van der Waals surface area contributed by atoms with Crippen LogP contribution in [0.25, 0.3) is 22.3 Å². The number of nitrogens with zero attached hydrogens (tertiary/aromatic N) is 5. The molecule has 1 aromatic carbocycles. The van der Waals surface area contributed by atoms with Gasteiger partial charge in [0, 0.05) is 49.1 Å². The molecule has 0 bridgehead atoms. The quantitative estimate of drug-likeness (QED) is 0.205. The Kier molecular flexibility index (Phi) is 6.30. The third-order valence-electron chi connectivity index (χ3n) is 5.90. The average molecular weight is 462 g/mol. The Morgan fingerprint density at radius 2 is 0.971 bits per heavy atom. The number of hydrogen-bond acceptors (Lipinski definition) is 4. The Labute approximate surface area is 202 Å². The number of para-hydroxylation sites is 1. The summed E-state index contributed by atoms with van der Waals surface area (Å²) in [6.07, 6.45) is 14.8. The van der Waals surface area contributed by atoms with Crippen LogP contribution in [-0.2, 0) is 13.1 Å². The molecule has 7 nitrogen and oxygen atoms in total. The molecule has 0 atom stereocenters. The summed E-state index contributed by atoms with van der Waals surface area (Å²) < 4.78 is 3.90. The summed E-state index contributed by atoms with van der Waals surface area (Å²) in [5.74, 6) is 0. The minimum Gasteiger partial charge on any atom is -0.265 e. The van der Waals surface area contributed by atoms with Crippen LogP contribution in [0.1, 0.15) is 11.1 Å². The van der Waals surface area contributed by atoms with Crippen molar-refractivity contribution in [3.05, 3.63) is 138 Å². The highest BCUT2D eigenvalue weighted by Crippen LogP contribution is 2.24. The van der Waals surface area contributed by atoms with Crippen molar-refractivity contribution < 1.29 is 14.1 Å². The Balaban J connectivity index is 1.38. The van der Waals surface area contributed by atoms with Crippen LogP contribution in [0.15, 0.2) is 116 Å². The molecule has 0 radical (unpaired) electrons. The van der Waals surface area contributed by atoms with Crippen molar-refractivity contribution in [1.29, 1.82) is 0 Å². The van der Waals surface area contributed by atoms with Crippen molar-refractivity contribution in [1.82, 2.24) is 9.97 Å². The van der Waals surface area contributed by atoms with E-state index in [1.807, 2.05) is 101 Å². The Hall–Kier alpha value is -4.78. The average Bonchev–Trinajstić information content (AvgIpc) is 2.90. The second-order valence-corrected chi connectivity index (χ2v) is 8.17. The van der Waals surface area contributed by atoms with Gasteiger partial charge in [-0.2, -0.15) is 0 Å². The summed E-state index contributed by atoms with van der Waals surface area (Å²) >= 11 is 0. The number of aromatic nitrogens is 4. The van der Waals surface area contributed by atoms with Gasteiger partial charge in [-0.25, -0.2) is 9.13 Å². The third-order valence-corrected chi connectivity index (χ3v) is 5.90. The van der Waals surface area contributed by atoms with E-state index in [9.17, 15) is 10.1 Å². The lowest BCUT2D eigenvalue weighted by atomic mass is 10.1. The fourth-order valence-electron chi connectivity index (χ4n) is 4.13. The van der Waals surface area contributed by atoms with Gasteiger partial charge in [0.2, 0.25) is 0 Å². The molecule has 0 aliphatic rings. The lowest BCUT2D eigenvalue weighted by Gasteiger charge is -2.06. The summed E-state index contributed by atoms with van der Waals surface area (Å²) in [5, 5.41) is 12.1. The Bertz CT molecular complexity index is 1340. The minimum atomic E-state index is -0.275. The van der Waals surface area contributed by atoms with Gasteiger partial charge < -0.3 is 0 Å². The molecule has 0 spiro atoms. The number of hydrogen-bond donors (Lipinski definition) is 0. The zero-order chi connectivity index (χ0) is 24.0. The molecule has 0 amide bonds. The lowest BCUT2D eigenvalue weighted by Crippen LogP contribution is -2.35. The zero-order valence-corrected chi connectivity index (χ0v) is 18.9. The molecule has 5 aromatic rings. The van der Waals surface area contributed by atoms with Crippen molar-refractivity contribution in [2.45, 2.75) is 13.1 Å². The SMILES string of the molecule is O=[N+]([O-])c1c(C[n+]2ccc(-c3ccncc3)cc2)cccc1C[n+]1ccc(-c2ccncc2)cc1. The van der Waals surface area contributed by atoms with E-state index in [2.05, 4.69) is 9.97 Å². The topological polar surface area (TPSA) is 76.7 Å². The predicted octanol–water partition coefficient (Wildman–Crippen LogP) is 4.39. The maximum absolute atomic E-state index is 12.1. The monoisotopic (exact) mass is 461 g/mol. The second kappa shape index (κ2) is 10.0. The van der Waals surface area contributed by atoms with Crippen LogP contribution in [0.4, 0.5) is 5.69 Å². The molecule has 0 saturated carbocycles. The molecule has 0 N–H and O–H groups in total. The fourth-order valence-corrected chi connectivity index (χ4v) is 4.13. The van der Waals surface area contributed by atoms with E-state index >= 15 is 0 Å². The van der Waals surface area contributed by atoms with E-state index in [1.54, 1.807) is 24.8 Å². The number of rotatable bonds is 7. The van der Waals surface area contributed by atoms with Crippen LogP contribution >= 0.6 is 0 Å². The molecular weight excluding hydrogens is 438 g/mol. The van der Waals surface area contributed by atoms with Crippen LogP contribution in [0.2, 0.25) is 0 Å². The summed E-state index contributed by atoms with van der Waals surface area (Å²) in [7, 11) is 0. The van der Waals surface area contributed by atoms with E-state index < -0.39 is 0 Å². The van der Waals surface area contributed by atoms with Gasteiger partial charge >= 0.3 is 0 Å². The van der Waals surface area contributed by atoms with Gasteiger partial charge in [-0.1, -0.05) is 6.07 Å². The molecule has 7 heteroatoms. The minimum absolute atomic E-state index is 0.156. The zero-order valence-electron chi connectivity index (χ0n) is 18.9. The summed E-state index contributed by atoms with van der Waals surface area (Å²) in [5.41, 5.74) is 5.78. The summed E-state index contributed by atoms with van der Waals surface area (Å²) in [6.45, 7) is 0.818. The first-order chi connectivity index (χ1) is 17.2. The van der Waals surface area contributed by atoms with Gasteiger partial charge in [-0.05, 0) is 58.7 Å². The molecule has 5 rings (SSSR count). The first-order valence-electron chi connectivity index (χ1n) is 11.2. The van der Waals surface area contributed by atoms with Crippen molar-refractivity contribution in [3.63, 3.8) is 0 Å². The van der Waals surface area contributed by atoms with Crippen LogP contribution in [0, 0.1) is 10.1 Å². The molecule has 4 heterocycles. The highest BCUT2D eigenvalue weighted by atomic mass is 16.6. The molecule has 0 aliphatic heterocycles. The van der Waals surface area contributed by atoms with Crippen LogP contribution in [0.5, 0.6) is 0 Å². The normalized spacial score (nSPS) is 10.7. The van der Waals surface area contributed by atoms with Gasteiger partial charge in [0.05, 0.1) is 16.1 Å². The number of pyridine rings is 4. The first kappa shape index (κ1) is 22.0. The van der Waals surface area contributed by atoms with E-state index in [0.717, 1.165) is 22.3 Å².